The van der Waals surface area contributed by atoms with Crippen molar-refractivity contribution in [1.29, 1.82) is 0 Å². The van der Waals surface area contributed by atoms with Crippen LogP contribution in [0.15, 0.2) is 42.6 Å². The second kappa shape index (κ2) is 5.82. The van der Waals surface area contributed by atoms with Crippen molar-refractivity contribution in [3.8, 4) is 17.0 Å². The lowest BCUT2D eigenvalue weighted by molar-refractivity contribution is -0.274. The van der Waals surface area contributed by atoms with Crippen molar-refractivity contribution in [2.75, 3.05) is 0 Å². The molecule has 0 aliphatic heterocycles. The molecule has 0 saturated heterocycles. The second-order valence-corrected chi connectivity index (χ2v) is 4.19. The summed E-state index contributed by atoms with van der Waals surface area (Å²) >= 11 is 0. The van der Waals surface area contributed by atoms with Gasteiger partial charge in [0.2, 0.25) is 0 Å². The lowest BCUT2D eigenvalue weighted by atomic mass is 10.1. The lowest BCUT2D eigenvalue weighted by Gasteiger charge is -2.09. The molecule has 0 bridgehead atoms. The van der Waals surface area contributed by atoms with E-state index in [1.54, 1.807) is 12.1 Å². The zero-order valence-corrected chi connectivity index (χ0v) is 10.6. The third-order valence-electron chi connectivity index (χ3n) is 2.56. The maximum absolute atomic E-state index is 12.0. The van der Waals surface area contributed by atoms with Crippen molar-refractivity contribution in [3.05, 3.63) is 48.2 Å². The molecule has 110 valence electrons. The highest BCUT2D eigenvalue weighted by molar-refractivity contribution is 5.71. The normalized spacial score (nSPS) is 11.2. The topological polar surface area (TPSA) is 59.4 Å². The van der Waals surface area contributed by atoms with E-state index in [-0.39, 0.29) is 12.2 Å². The lowest BCUT2D eigenvalue weighted by Crippen LogP contribution is -2.16. The number of carbonyl (C=O) groups is 1. The first-order chi connectivity index (χ1) is 9.83. The van der Waals surface area contributed by atoms with Gasteiger partial charge in [0, 0.05) is 11.8 Å². The summed E-state index contributed by atoms with van der Waals surface area (Å²) < 4.78 is 39.9. The molecule has 0 spiro atoms. The minimum atomic E-state index is -4.73. The smallest absolute Gasteiger partial charge is 0.481 e. The fourth-order valence-corrected chi connectivity index (χ4v) is 1.74. The molecule has 0 amide bonds. The van der Waals surface area contributed by atoms with Crippen molar-refractivity contribution < 1.29 is 27.8 Å². The summed E-state index contributed by atoms with van der Waals surface area (Å²) in [6, 6.07) is 8.34. The third-order valence-corrected chi connectivity index (χ3v) is 2.56. The van der Waals surface area contributed by atoms with E-state index in [4.69, 9.17) is 5.11 Å². The van der Waals surface area contributed by atoms with E-state index < -0.39 is 12.3 Å². The number of nitrogens with zero attached hydrogens (tertiary/aromatic N) is 1. The monoisotopic (exact) mass is 297 g/mol. The van der Waals surface area contributed by atoms with Crippen LogP contribution >= 0.6 is 0 Å². The van der Waals surface area contributed by atoms with Gasteiger partial charge in [0.05, 0.1) is 12.1 Å². The van der Waals surface area contributed by atoms with E-state index in [1.165, 1.54) is 30.5 Å². The van der Waals surface area contributed by atoms with Crippen LogP contribution in [-0.4, -0.2) is 22.4 Å². The Balaban J connectivity index is 2.20. The molecule has 2 aromatic rings. The number of alkyl halides is 3. The highest BCUT2D eigenvalue weighted by Gasteiger charge is 2.30. The summed E-state index contributed by atoms with van der Waals surface area (Å²) in [6.45, 7) is 0. The van der Waals surface area contributed by atoms with Crippen LogP contribution in [0.2, 0.25) is 0 Å². The van der Waals surface area contributed by atoms with Gasteiger partial charge in [0.25, 0.3) is 0 Å². The minimum Gasteiger partial charge on any atom is -0.481 e. The third kappa shape index (κ3) is 4.48. The van der Waals surface area contributed by atoms with E-state index in [0.717, 1.165) is 0 Å². The van der Waals surface area contributed by atoms with Crippen molar-refractivity contribution in [1.82, 2.24) is 4.98 Å². The molecule has 0 saturated carbocycles. The Morgan fingerprint density at radius 1 is 1.19 bits per heavy atom. The predicted octanol–water partition coefficient (Wildman–Crippen LogP) is 3.27. The highest BCUT2D eigenvalue weighted by atomic mass is 19.4. The molecule has 7 heteroatoms. The first kappa shape index (κ1) is 14.8. The number of pyridine rings is 1. The number of carboxylic acid groups (broad SMARTS) is 1. The van der Waals surface area contributed by atoms with Crippen LogP contribution in [-0.2, 0) is 11.2 Å². The van der Waals surface area contributed by atoms with Crippen LogP contribution in [0.25, 0.3) is 11.3 Å². The molecule has 0 unspecified atom stereocenters. The van der Waals surface area contributed by atoms with Gasteiger partial charge < -0.3 is 9.84 Å². The van der Waals surface area contributed by atoms with Crippen molar-refractivity contribution in [2.45, 2.75) is 12.8 Å². The van der Waals surface area contributed by atoms with E-state index >= 15 is 0 Å². The molecule has 1 aromatic heterocycles. The maximum Gasteiger partial charge on any atom is 0.573 e. The van der Waals surface area contributed by atoms with Gasteiger partial charge in [-0.05, 0) is 42.0 Å². The zero-order valence-electron chi connectivity index (χ0n) is 10.6. The summed E-state index contributed by atoms with van der Waals surface area (Å²) in [7, 11) is 0. The van der Waals surface area contributed by atoms with Crippen LogP contribution in [0.5, 0.6) is 5.75 Å². The number of hydrogen-bond acceptors (Lipinski definition) is 3. The number of carboxylic acids is 1. The summed E-state index contributed by atoms with van der Waals surface area (Å²) in [5.41, 5.74) is 1.60. The van der Waals surface area contributed by atoms with Crippen LogP contribution < -0.4 is 4.74 Å². The Bertz CT molecular complexity index is 639. The van der Waals surface area contributed by atoms with Gasteiger partial charge in [-0.1, -0.05) is 0 Å². The zero-order chi connectivity index (χ0) is 15.5. The standard InChI is InChI=1S/C14H10F3NO3/c15-14(16,17)21-11-3-1-10(2-4-11)12-7-9(5-6-18-12)8-13(19)20/h1-7H,8H2,(H,19,20). The van der Waals surface area contributed by atoms with Crippen LogP contribution in [0.4, 0.5) is 13.2 Å². The summed E-state index contributed by atoms with van der Waals surface area (Å²) in [5, 5.41) is 8.73. The number of hydrogen-bond donors (Lipinski definition) is 1. The summed E-state index contributed by atoms with van der Waals surface area (Å²) in [6.07, 6.45) is -3.43. The second-order valence-electron chi connectivity index (χ2n) is 4.19. The maximum atomic E-state index is 12.0. The van der Waals surface area contributed by atoms with Gasteiger partial charge in [-0.3, -0.25) is 9.78 Å². The molecular weight excluding hydrogens is 287 g/mol. The Kier molecular flexibility index (Phi) is 4.11. The van der Waals surface area contributed by atoms with Crippen LogP contribution in [0.3, 0.4) is 0 Å². The first-order valence-corrected chi connectivity index (χ1v) is 5.86. The average molecular weight is 297 g/mol. The van der Waals surface area contributed by atoms with E-state index in [0.29, 0.717) is 16.8 Å². The predicted molar refractivity (Wildman–Crippen MR) is 67.7 cm³/mol. The fraction of sp³-hybridized carbons (Fsp3) is 0.143. The van der Waals surface area contributed by atoms with E-state index in [2.05, 4.69) is 9.72 Å². The van der Waals surface area contributed by atoms with Crippen LogP contribution in [0, 0.1) is 0 Å². The van der Waals surface area contributed by atoms with Gasteiger partial charge in [0.15, 0.2) is 0 Å². The number of halogens is 3. The Labute approximate surface area is 117 Å². The highest BCUT2D eigenvalue weighted by Crippen LogP contribution is 2.26. The average Bonchev–Trinajstić information content (AvgIpc) is 2.37. The molecule has 4 nitrogen and oxygen atoms in total. The van der Waals surface area contributed by atoms with Gasteiger partial charge in [-0.2, -0.15) is 0 Å². The number of aromatic nitrogens is 1. The van der Waals surface area contributed by atoms with Crippen molar-refractivity contribution >= 4 is 5.97 Å². The molecular formula is C14H10F3NO3. The van der Waals surface area contributed by atoms with Gasteiger partial charge in [-0.15, -0.1) is 13.2 Å². The van der Waals surface area contributed by atoms with Crippen LogP contribution in [0.1, 0.15) is 5.56 Å². The van der Waals surface area contributed by atoms with E-state index in [9.17, 15) is 18.0 Å². The number of ether oxygens (including phenoxy) is 1. The molecule has 0 aliphatic rings. The molecule has 0 atom stereocenters. The van der Waals surface area contributed by atoms with Gasteiger partial charge in [0.1, 0.15) is 5.75 Å². The van der Waals surface area contributed by atoms with Crippen molar-refractivity contribution in [2.24, 2.45) is 0 Å². The fourth-order valence-electron chi connectivity index (χ4n) is 1.74. The minimum absolute atomic E-state index is 0.148. The molecule has 0 fully saturated rings. The molecule has 1 heterocycles. The molecule has 0 aliphatic carbocycles. The number of benzene rings is 1. The molecule has 21 heavy (non-hydrogen) atoms. The Morgan fingerprint density at radius 2 is 1.86 bits per heavy atom. The SMILES string of the molecule is O=C(O)Cc1ccnc(-c2ccc(OC(F)(F)F)cc2)c1. The Hall–Kier alpha value is -2.57. The molecule has 1 N–H and O–H groups in total. The summed E-state index contributed by atoms with van der Waals surface area (Å²) in [5.74, 6) is -1.30. The quantitative estimate of drug-likeness (QED) is 0.941. The largest absolute Gasteiger partial charge is 0.573 e. The molecule has 1 aromatic carbocycles. The first-order valence-electron chi connectivity index (χ1n) is 5.86. The molecule has 2 rings (SSSR count). The van der Waals surface area contributed by atoms with Crippen molar-refractivity contribution in [3.63, 3.8) is 0 Å². The Morgan fingerprint density at radius 3 is 2.43 bits per heavy atom. The summed E-state index contributed by atoms with van der Waals surface area (Å²) in [4.78, 5) is 14.7. The number of aliphatic carboxylic acids is 1. The van der Waals surface area contributed by atoms with Gasteiger partial charge in [-0.25, -0.2) is 0 Å². The number of rotatable bonds is 4. The van der Waals surface area contributed by atoms with Gasteiger partial charge >= 0.3 is 12.3 Å². The molecule has 0 radical (unpaired) electrons. The van der Waals surface area contributed by atoms with E-state index in [1.807, 2.05) is 0 Å².